The molecule has 0 bridgehead atoms. The lowest BCUT2D eigenvalue weighted by molar-refractivity contribution is 0.623. The van der Waals surface area contributed by atoms with Crippen LogP contribution in [0.25, 0.3) is 0 Å². The van der Waals surface area contributed by atoms with Gasteiger partial charge < -0.3 is 0 Å². The molecule has 2 rings (SSSR count). The van der Waals surface area contributed by atoms with Gasteiger partial charge in [0.1, 0.15) is 0 Å². The van der Waals surface area contributed by atoms with Crippen LogP contribution in [-0.4, -0.2) is 20.2 Å². The number of nitrogens with zero attached hydrogens (tertiary/aromatic N) is 4. The van der Waals surface area contributed by atoms with Crippen molar-refractivity contribution in [3.8, 4) is 0 Å². The predicted molar refractivity (Wildman–Crippen MR) is 50.6 cm³/mol. The fraction of sp³-hybridized carbons (Fsp3) is 0.375. The van der Waals surface area contributed by atoms with Gasteiger partial charge in [-0.3, -0.25) is 0 Å². The van der Waals surface area contributed by atoms with E-state index in [1.54, 1.807) is 11.3 Å². The highest BCUT2D eigenvalue weighted by molar-refractivity contribution is 7.07. The second-order valence-corrected chi connectivity index (χ2v) is 3.52. The maximum Gasteiger partial charge on any atom is 0.151 e. The topological polar surface area (TPSA) is 43.6 Å². The molecule has 2 aromatic heterocycles. The van der Waals surface area contributed by atoms with E-state index in [4.69, 9.17) is 0 Å². The number of hydrogen-bond acceptors (Lipinski definition) is 4. The summed E-state index contributed by atoms with van der Waals surface area (Å²) in [6.07, 6.45) is 0.872. The Labute approximate surface area is 80.2 Å². The summed E-state index contributed by atoms with van der Waals surface area (Å²) < 4.78 is 1.84. The summed E-state index contributed by atoms with van der Waals surface area (Å²) in [7, 11) is 0. The summed E-state index contributed by atoms with van der Waals surface area (Å²) in [5, 5.41) is 15.7. The smallest absolute Gasteiger partial charge is 0.151 e. The van der Waals surface area contributed by atoms with Gasteiger partial charge in [-0.1, -0.05) is 6.92 Å². The standard InChI is InChI=1S/C8H10N4S/c1-2-8-9-10-11-12(8)5-7-3-4-13-6-7/h3-4,6H,2,5H2,1H3. The van der Waals surface area contributed by atoms with Gasteiger partial charge >= 0.3 is 0 Å². The van der Waals surface area contributed by atoms with Crippen LogP contribution in [0.15, 0.2) is 16.8 Å². The van der Waals surface area contributed by atoms with Crippen LogP contribution in [-0.2, 0) is 13.0 Å². The van der Waals surface area contributed by atoms with Gasteiger partial charge in [0, 0.05) is 6.42 Å². The van der Waals surface area contributed by atoms with Crippen molar-refractivity contribution in [1.29, 1.82) is 0 Å². The SMILES string of the molecule is CCc1nnnn1Cc1ccsc1. The number of tetrazole rings is 1. The van der Waals surface area contributed by atoms with Crippen LogP contribution >= 0.6 is 11.3 Å². The third-order valence-corrected chi connectivity index (χ3v) is 2.57. The number of aromatic nitrogens is 4. The summed E-state index contributed by atoms with van der Waals surface area (Å²) in [5.41, 5.74) is 1.26. The van der Waals surface area contributed by atoms with Crippen LogP contribution in [0.3, 0.4) is 0 Å². The van der Waals surface area contributed by atoms with Gasteiger partial charge in [-0.05, 0) is 32.8 Å². The van der Waals surface area contributed by atoms with Crippen molar-refractivity contribution in [1.82, 2.24) is 20.2 Å². The van der Waals surface area contributed by atoms with E-state index in [1.807, 2.05) is 4.68 Å². The maximum atomic E-state index is 3.92. The van der Waals surface area contributed by atoms with Gasteiger partial charge in [-0.25, -0.2) is 4.68 Å². The van der Waals surface area contributed by atoms with Gasteiger partial charge in [-0.2, -0.15) is 11.3 Å². The number of aryl methyl sites for hydroxylation is 1. The molecule has 0 atom stereocenters. The Bertz CT molecular complexity index is 365. The second-order valence-electron chi connectivity index (χ2n) is 2.74. The molecule has 0 saturated carbocycles. The first-order valence-electron chi connectivity index (χ1n) is 4.16. The lowest BCUT2D eigenvalue weighted by Gasteiger charge is -1.99. The zero-order valence-electron chi connectivity index (χ0n) is 7.34. The van der Waals surface area contributed by atoms with Gasteiger partial charge in [0.15, 0.2) is 5.82 Å². The molecular formula is C8H10N4S. The fourth-order valence-corrected chi connectivity index (χ4v) is 1.81. The van der Waals surface area contributed by atoms with E-state index in [9.17, 15) is 0 Å². The van der Waals surface area contributed by atoms with Crippen molar-refractivity contribution in [2.24, 2.45) is 0 Å². The van der Waals surface area contributed by atoms with Crippen molar-refractivity contribution >= 4 is 11.3 Å². The van der Waals surface area contributed by atoms with E-state index in [-0.39, 0.29) is 0 Å². The molecule has 2 aromatic rings. The molecule has 5 heteroatoms. The predicted octanol–water partition coefficient (Wildman–Crippen LogP) is 1.35. The van der Waals surface area contributed by atoms with Crippen molar-refractivity contribution < 1.29 is 0 Å². The Balaban J connectivity index is 2.18. The molecule has 0 unspecified atom stereocenters. The molecule has 68 valence electrons. The summed E-state index contributed by atoms with van der Waals surface area (Å²) in [6.45, 7) is 2.83. The first kappa shape index (κ1) is 8.37. The lowest BCUT2D eigenvalue weighted by Crippen LogP contribution is -2.05. The molecule has 4 nitrogen and oxygen atoms in total. The molecule has 0 spiro atoms. The van der Waals surface area contributed by atoms with E-state index in [2.05, 4.69) is 39.3 Å². The Morgan fingerprint density at radius 3 is 3.15 bits per heavy atom. The van der Waals surface area contributed by atoms with Crippen LogP contribution in [0.1, 0.15) is 18.3 Å². The maximum absolute atomic E-state index is 3.92. The summed E-state index contributed by atoms with van der Waals surface area (Å²) in [4.78, 5) is 0. The highest BCUT2D eigenvalue weighted by Gasteiger charge is 2.03. The molecule has 0 fully saturated rings. The molecule has 0 aliphatic carbocycles. The lowest BCUT2D eigenvalue weighted by atomic mass is 10.3. The number of rotatable bonds is 3. The van der Waals surface area contributed by atoms with Gasteiger partial charge in [-0.15, -0.1) is 5.10 Å². The fourth-order valence-electron chi connectivity index (χ4n) is 1.15. The zero-order chi connectivity index (χ0) is 9.10. The highest BCUT2D eigenvalue weighted by Crippen LogP contribution is 2.08. The quantitative estimate of drug-likeness (QED) is 0.740. The highest BCUT2D eigenvalue weighted by atomic mass is 32.1. The Hall–Kier alpha value is -1.23. The van der Waals surface area contributed by atoms with E-state index in [0.29, 0.717) is 0 Å². The van der Waals surface area contributed by atoms with E-state index in [0.717, 1.165) is 18.8 Å². The van der Waals surface area contributed by atoms with E-state index in [1.165, 1.54) is 5.56 Å². The minimum absolute atomic E-state index is 0.777. The molecule has 0 aromatic carbocycles. The minimum Gasteiger partial charge on any atom is -0.225 e. The molecule has 13 heavy (non-hydrogen) atoms. The monoisotopic (exact) mass is 194 g/mol. The largest absolute Gasteiger partial charge is 0.225 e. The number of thiophene rings is 1. The van der Waals surface area contributed by atoms with Crippen molar-refractivity contribution in [3.63, 3.8) is 0 Å². The van der Waals surface area contributed by atoms with Crippen LogP contribution < -0.4 is 0 Å². The van der Waals surface area contributed by atoms with E-state index >= 15 is 0 Å². The molecule has 0 aliphatic heterocycles. The van der Waals surface area contributed by atoms with Crippen molar-refractivity contribution in [3.05, 3.63) is 28.2 Å². The third kappa shape index (κ3) is 1.75. The van der Waals surface area contributed by atoms with Gasteiger partial charge in [0.2, 0.25) is 0 Å². The molecule has 0 amide bonds. The summed E-state index contributed by atoms with van der Waals surface area (Å²) in [5.74, 6) is 0.936. The molecule has 0 saturated heterocycles. The first-order valence-corrected chi connectivity index (χ1v) is 5.10. The van der Waals surface area contributed by atoms with Crippen molar-refractivity contribution in [2.75, 3.05) is 0 Å². The van der Waals surface area contributed by atoms with E-state index < -0.39 is 0 Å². The van der Waals surface area contributed by atoms with Crippen LogP contribution in [0.4, 0.5) is 0 Å². The summed E-state index contributed by atoms with van der Waals surface area (Å²) in [6, 6.07) is 2.09. The molecule has 2 heterocycles. The Morgan fingerprint density at radius 1 is 1.54 bits per heavy atom. The second kappa shape index (κ2) is 3.66. The Morgan fingerprint density at radius 2 is 2.46 bits per heavy atom. The third-order valence-electron chi connectivity index (χ3n) is 1.83. The molecule has 0 N–H and O–H groups in total. The normalized spacial score (nSPS) is 10.5. The van der Waals surface area contributed by atoms with Crippen LogP contribution in [0.5, 0.6) is 0 Å². The average molecular weight is 194 g/mol. The minimum atomic E-state index is 0.777. The van der Waals surface area contributed by atoms with Gasteiger partial charge in [0.25, 0.3) is 0 Å². The zero-order valence-corrected chi connectivity index (χ0v) is 8.16. The van der Waals surface area contributed by atoms with Crippen LogP contribution in [0.2, 0.25) is 0 Å². The van der Waals surface area contributed by atoms with Gasteiger partial charge in [0.05, 0.1) is 6.54 Å². The molecule has 0 aliphatic rings. The first-order chi connectivity index (χ1) is 6.40. The average Bonchev–Trinajstić information content (AvgIpc) is 2.76. The Kier molecular flexibility index (Phi) is 2.35. The van der Waals surface area contributed by atoms with Crippen molar-refractivity contribution in [2.45, 2.75) is 19.9 Å². The van der Waals surface area contributed by atoms with Crippen LogP contribution in [0, 0.1) is 0 Å². The number of hydrogen-bond donors (Lipinski definition) is 0. The molecule has 0 radical (unpaired) electrons. The molecular weight excluding hydrogens is 184 g/mol. The summed E-state index contributed by atoms with van der Waals surface area (Å²) >= 11 is 1.69.